The predicted molar refractivity (Wildman–Crippen MR) is 70.0 cm³/mol. The van der Waals surface area contributed by atoms with E-state index in [1.807, 2.05) is 0 Å². The van der Waals surface area contributed by atoms with E-state index >= 15 is 0 Å². The molecular weight excluding hydrogens is 214 g/mol. The van der Waals surface area contributed by atoms with Crippen LogP contribution in [0.25, 0.3) is 0 Å². The summed E-state index contributed by atoms with van der Waals surface area (Å²) in [6, 6.07) is 6.57. The third kappa shape index (κ3) is 4.46. The standard InChI is InChI=1S/C14H23NO2/c1-10-5-11(2)7-13(6-10)12(3)15-8-14(4,17)9-16/h5-7,12,15-17H,8-9H2,1-4H3. The lowest BCUT2D eigenvalue weighted by Crippen LogP contribution is -2.41. The first kappa shape index (κ1) is 14.2. The maximum atomic E-state index is 9.72. The van der Waals surface area contributed by atoms with Crippen LogP contribution in [0, 0.1) is 13.8 Å². The van der Waals surface area contributed by atoms with E-state index in [0.29, 0.717) is 6.54 Å². The van der Waals surface area contributed by atoms with Gasteiger partial charge in [0, 0.05) is 12.6 Å². The van der Waals surface area contributed by atoms with Gasteiger partial charge in [-0.15, -0.1) is 0 Å². The van der Waals surface area contributed by atoms with Gasteiger partial charge in [-0.05, 0) is 33.3 Å². The summed E-state index contributed by atoms with van der Waals surface area (Å²) in [5.74, 6) is 0. The van der Waals surface area contributed by atoms with Crippen LogP contribution in [0.3, 0.4) is 0 Å². The van der Waals surface area contributed by atoms with Crippen molar-refractivity contribution < 1.29 is 10.2 Å². The second kappa shape index (κ2) is 5.63. The van der Waals surface area contributed by atoms with Crippen LogP contribution in [0.2, 0.25) is 0 Å². The Morgan fingerprint density at radius 2 is 1.76 bits per heavy atom. The zero-order valence-electron chi connectivity index (χ0n) is 11.1. The topological polar surface area (TPSA) is 52.5 Å². The molecule has 1 aromatic carbocycles. The fourth-order valence-corrected chi connectivity index (χ4v) is 1.81. The van der Waals surface area contributed by atoms with Crippen molar-refractivity contribution in [2.24, 2.45) is 0 Å². The van der Waals surface area contributed by atoms with Crippen LogP contribution < -0.4 is 5.32 Å². The molecule has 0 aliphatic rings. The SMILES string of the molecule is Cc1cc(C)cc(C(C)NCC(C)(O)CO)c1. The van der Waals surface area contributed by atoms with Gasteiger partial charge in [-0.3, -0.25) is 0 Å². The number of aliphatic hydroxyl groups excluding tert-OH is 1. The molecule has 17 heavy (non-hydrogen) atoms. The maximum absolute atomic E-state index is 9.72. The largest absolute Gasteiger partial charge is 0.393 e. The lowest BCUT2D eigenvalue weighted by molar-refractivity contribution is 0.00106. The van der Waals surface area contributed by atoms with E-state index in [1.54, 1.807) is 6.92 Å². The minimum atomic E-state index is -1.06. The molecule has 0 amide bonds. The number of nitrogens with one attached hydrogen (secondary N) is 1. The zero-order valence-corrected chi connectivity index (χ0v) is 11.1. The summed E-state index contributed by atoms with van der Waals surface area (Å²) < 4.78 is 0. The second-order valence-corrected chi connectivity index (χ2v) is 5.18. The molecule has 96 valence electrons. The van der Waals surface area contributed by atoms with E-state index in [1.165, 1.54) is 16.7 Å². The molecule has 0 aromatic heterocycles. The number of rotatable bonds is 5. The van der Waals surface area contributed by atoms with Crippen molar-refractivity contribution >= 4 is 0 Å². The minimum absolute atomic E-state index is 0.159. The highest BCUT2D eigenvalue weighted by molar-refractivity contribution is 5.30. The zero-order chi connectivity index (χ0) is 13.1. The van der Waals surface area contributed by atoms with Crippen LogP contribution in [0.1, 0.15) is 36.6 Å². The first-order valence-electron chi connectivity index (χ1n) is 5.99. The van der Waals surface area contributed by atoms with E-state index < -0.39 is 5.60 Å². The average molecular weight is 237 g/mol. The fourth-order valence-electron chi connectivity index (χ4n) is 1.81. The molecule has 0 spiro atoms. The van der Waals surface area contributed by atoms with Crippen molar-refractivity contribution in [3.63, 3.8) is 0 Å². The van der Waals surface area contributed by atoms with Crippen LogP contribution in [0.4, 0.5) is 0 Å². The van der Waals surface area contributed by atoms with Crippen molar-refractivity contribution in [1.29, 1.82) is 0 Å². The van der Waals surface area contributed by atoms with E-state index in [-0.39, 0.29) is 12.6 Å². The molecular formula is C14H23NO2. The van der Waals surface area contributed by atoms with Crippen molar-refractivity contribution in [3.8, 4) is 0 Å². The Balaban J connectivity index is 2.67. The average Bonchev–Trinajstić information content (AvgIpc) is 2.24. The summed E-state index contributed by atoms with van der Waals surface area (Å²) in [6.07, 6.45) is 0. The fraction of sp³-hybridized carbons (Fsp3) is 0.571. The van der Waals surface area contributed by atoms with Crippen LogP contribution in [0.15, 0.2) is 18.2 Å². The van der Waals surface area contributed by atoms with Gasteiger partial charge in [0.25, 0.3) is 0 Å². The Bertz CT molecular complexity index is 354. The minimum Gasteiger partial charge on any atom is -0.393 e. The van der Waals surface area contributed by atoms with Gasteiger partial charge in [-0.2, -0.15) is 0 Å². The van der Waals surface area contributed by atoms with Gasteiger partial charge in [0.15, 0.2) is 0 Å². The summed E-state index contributed by atoms with van der Waals surface area (Å²) in [4.78, 5) is 0. The van der Waals surface area contributed by atoms with Gasteiger partial charge in [0.1, 0.15) is 0 Å². The first-order valence-corrected chi connectivity index (χ1v) is 5.99. The molecule has 1 rings (SSSR count). The van der Waals surface area contributed by atoms with E-state index in [0.717, 1.165) is 0 Å². The Labute approximate surface area is 103 Å². The summed E-state index contributed by atoms with van der Waals surface area (Å²) in [6.45, 7) is 7.97. The van der Waals surface area contributed by atoms with Gasteiger partial charge in [-0.25, -0.2) is 0 Å². The van der Waals surface area contributed by atoms with E-state index in [2.05, 4.69) is 44.3 Å². The number of hydrogen-bond acceptors (Lipinski definition) is 3. The number of aliphatic hydroxyl groups is 2. The van der Waals surface area contributed by atoms with Crippen LogP contribution in [-0.2, 0) is 0 Å². The molecule has 0 saturated carbocycles. The third-order valence-corrected chi connectivity index (χ3v) is 2.87. The smallest absolute Gasteiger partial charge is 0.0973 e. The molecule has 0 fully saturated rings. The maximum Gasteiger partial charge on any atom is 0.0973 e. The van der Waals surface area contributed by atoms with E-state index in [4.69, 9.17) is 5.11 Å². The monoisotopic (exact) mass is 237 g/mol. The third-order valence-electron chi connectivity index (χ3n) is 2.87. The highest BCUT2D eigenvalue weighted by Gasteiger charge is 2.19. The lowest BCUT2D eigenvalue weighted by Gasteiger charge is -2.24. The van der Waals surface area contributed by atoms with Gasteiger partial charge in [0.2, 0.25) is 0 Å². The highest BCUT2D eigenvalue weighted by atomic mass is 16.3. The molecule has 3 N–H and O–H groups in total. The van der Waals surface area contributed by atoms with Crippen molar-refractivity contribution in [1.82, 2.24) is 5.32 Å². The molecule has 3 heteroatoms. The molecule has 1 aromatic rings. The van der Waals surface area contributed by atoms with Crippen molar-refractivity contribution in [2.45, 2.75) is 39.3 Å². The van der Waals surface area contributed by atoms with Gasteiger partial charge in [0.05, 0.1) is 12.2 Å². The molecule has 2 atom stereocenters. The summed E-state index contributed by atoms with van der Waals surface area (Å²) >= 11 is 0. The molecule has 0 aliphatic carbocycles. The Morgan fingerprint density at radius 3 is 2.24 bits per heavy atom. The number of benzene rings is 1. The normalized spacial score (nSPS) is 16.6. The number of aryl methyl sites for hydroxylation is 2. The second-order valence-electron chi connectivity index (χ2n) is 5.18. The first-order chi connectivity index (χ1) is 7.84. The molecule has 0 saturated heterocycles. The number of hydrogen-bond donors (Lipinski definition) is 3. The molecule has 0 heterocycles. The van der Waals surface area contributed by atoms with Crippen molar-refractivity contribution in [3.05, 3.63) is 34.9 Å². The molecule has 0 radical (unpaired) electrons. The van der Waals surface area contributed by atoms with Crippen LogP contribution in [0.5, 0.6) is 0 Å². The summed E-state index contributed by atoms with van der Waals surface area (Å²) in [5, 5.41) is 21.9. The predicted octanol–water partition coefficient (Wildman–Crippen LogP) is 1.70. The summed E-state index contributed by atoms with van der Waals surface area (Å²) in [7, 11) is 0. The molecule has 0 bridgehead atoms. The highest BCUT2D eigenvalue weighted by Crippen LogP contribution is 2.17. The van der Waals surface area contributed by atoms with Crippen molar-refractivity contribution in [2.75, 3.05) is 13.2 Å². The van der Waals surface area contributed by atoms with Crippen LogP contribution in [-0.4, -0.2) is 29.0 Å². The van der Waals surface area contributed by atoms with E-state index in [9.17, 15) is 5.11 Å². The Morgan fingerprint density at radius 1 is 1.24 bits per heavy atom. The van der Waals surface area contributed by atoms with Gasteiger partial charge < -0.3 is 15.5 Å². The molecule has 2 unspecified atom stereocenters. The summed E-state index contributed by atoms with van der Waals surface area (Å²) in [5.41, 5.74) is 2.62. The Kier molecular flexibility index (Phi) is 4.69. The van der Waals surface area contributed by atoms with Crippen LogP contribution >= 0.6 is 0 Å². The lowest BCUT2D eigenvalue weighted by atomic mass is 10.0. The Hall–Kier alpha value is -0.900. The quantitative estimate of drug-likeness (QED) is 0.730. The van der Waals surface area contributed by atoms with Gasteiger partial charge >= 0.3 is 0 Å². The molecule has 3 nitrogen and oxygen atoms in total. The van der Waals surface area contributed by atoms with Gasteiger partial charge in [-0.1, -0.05) is 29.3 Å². The molecule has 0 aliphatic heterocycles.